The Labute approximate surface area is 211 Å². The molecule has 0 spiro atoms. The van der Waals surface area contributed by atoms with E-state index in [2.05, 4.69) is 35.7 Å². The van der Waals surface area contributed by atoms with E-state index in [0.29, 0.717) is 31.4 Å². The summed E-state index contributed by atoms with van der Waals surface area (Å²) in [7, 11) is 0. The molecule has 190 valence electrons. The van der Waals surface area contributed by atoms with Crippen LogP contribution in [0.3, 0.4) is 0 Å². The first-order chi connectivity index (χ1) is 17.1. The van der Waals surface area contributed by atoms with Crippen molar-refractivity contribution < 1.29 is 28.8 Å². The minimum Gasteiger partial charge on any atom is -0.462 e. The van der Waals surface area contributed by atoms with Gasteiger partial charge in [-0.15, -0.1) is 0 Å². The van der Waals surface area contributed by atoms with Crippen LogP contribution in [-0.2, 0) is 28.8 Å². The van der Waals surface area contributed by atoms with Crippen molar-refractivity contribution in [2.75, 3.05) is 57.7 Å². The number of thioether (sulfide) groups is 1. The van der Waals surface area contributed by atoms with Crippen LogP contribution >= 0.6 is 11.8 Å². The van der Waals surface area contributed by atoms with Crippen molar-refractivity contribution in [2.24, 2.45) is 5.92 Å². The molecule has 1 unspecified atom stereocenters. The lowest BCUT2D eigenvalue weighted by Gasteiger charge is -2.23. The molecule has 1 aromatic carbocycles. The number of esters is 1. The summed E-state index contributed by atoms with van der Waals surface area (Å²) >= 11 is 1.60. The van der Waals surface area contributed by atoms with E-state index in [9.17, 15) is 4.79 Å². The first-order valence-electron chi connectivity index (χ1n) is 11.7. The van der Waals surface area contributed by atoms with Gasteiger partial charge in [0.2, 0.25) is 5.70 Å². The fourth-order valence-electron chi connectivity index (χ4n) is 3.07. The van der Waals surface area contributed by atoms with Crippen LogP contribution in [0.4, 0.5) is 5.69 Å². The summed E-state index contributed by atoms with van der Waals surface area (Å²) in [4.78, 5) is 28.6. The van der Waals surface area contributed by atoms with Gasteiger partial charge in [0.15, 0.2) is 0 Å². The van der Waals surface area contributed by atoms with Crippen LogP contribution in [0.5, 0.6) is 0 Å². The summed E-state index contributed by atoms with van der Waals surface area (Å²) in [5.41, 5.74) is 1.65. The number of hydrogen-bond donors (Lipinski definition) is 0. The Kier molecular flexibility index (Phi) is 13.9. The monoisotopic (exact) mass is 503 g/mol. The molecule has 1 aromatic rings. The first-order valence-corrected chi connectivity index (χ1v) is 12.5. The number of ether oxygens (including phenoxy) is 3. The number of fused-ring (bicyclic) bond motifs is 1. The maximum atomic E-state index is 11.0. The zero-order valence-electron chi connectivity index (χ0n) is 20.4. The van der Waals surface area contributed by atoms with Crippen molar-refractivity contribution in [1.82, 2.24) is 0 Å². The van der Waals surface area contributed by atoms with Gasteiger partial charge in [0.1, 0.15) is 26.2 Å². The van der Waals surface area contributed by atoms with Gasteiger partial charge in [-0.05, 0) is 24.5 Å². The average Bonchev–Trinajstić information content (AvgIpc) is 3.23. The number of hydrogen-bond acceptors (Lipinski definition) is 9. The van der Waals surface area contributed by atoms with E-state index >= 15 is 0 Å². The first kappa shape index (κ1) is 28.6. The second kappa shape index (κ2) is 16.9. The van der Waals surface area contributed by atoms with Crippen molar-refractivity contribution >= 4 is 23.4 Å². The molecule has 9 nitrogen and oxygen atoms in total. The van der Waals surface area contributed by atoms with Crippen molar-refractivity contribution in [3.05, 3.63) is 46.4 Å². The van der Waals surface area contributed by atoms with Gasteiger partial charge >= 0.3 is 5.97 Å². The number of nitriles is 1. The van der Waals surface area contributed by atoms with Gasteiger partial charge < -0.3 is 19.1 Å². The third-order valence-electron chi connectivity index (χ3n) is 5.21. The van der Waals surface area contributed by atoms with Gasteiger partial charge in [-0.3, -0.25) is 4.79 Å². The molecule has 0 aliphatic carbocycles. The van der Waals surface area contributed by atoms with Gasteiger partial charge in [0.05, 0.1) is 49.8 Å². The molecule has 0 saturated heterocycles. The SMILES string of the molecule is [C-]#[N+]C(COOCCOCCOCCOC(=O)CC#N)=C1Sc2ccccc2N1CCC(C)CC. The molecule has 0 N–H and O–H groups in total. The second-order valence-corrected chi connectivity index (χ2v) is 8.78. The third kappa shape index (κ3) is 10.3. The van der Waals surface area contributed by atoms with E-state index < -0.39 is 5.97 Å². The normalized spacial score (nSPS) is 14.7. The van der Waals surface area contributed by atoms with Gasteiger partial charge in [-0.1, -0.05) is 44.2 Å². The molecule has 0 bridgehead atoms. The average molecular weight is 504 g/mol. The lowest BCUT2D eigenvalue weighted by molar-refractivity contribution is -0.292. The van der Waals surface area contributed by atoms with E-state index in [1.807, 2.05) is 12.1 Å². The molecule has 1 aliphatic heterocycles. The Hall–Kier alpha value is -2.60. The summed E-state index contributed by atoms with van der Waals surface area (Å²) < 4.78 is 15.4. The molecule has 1 aliphatic rings. The molecule has 0 radical (unpaired) electrons. The Morgan fingerprint density at radius 1 is 1.14 bits per heavy atom. The van der Waals surface area contributed by atoms with Crippen LogP contribution in [0.1, 0.15) is 33.1 Å². The molecule has 2 rings (SSSR count). The molecule has 35 heavy (non-hydrogen) atoms. The van der Waals surface area contributed by atoms with Crippen molar-refractivity contribution in [1.29, 1.82) is 5.26 Å². The predicted octanol–water partition coefficient (Wildman–Crippen LogP) is 4.56. The number of rotatable bonds is 17. The van der Waals surface area contributed by atoms with Crippen LogP contribution in [-0.4, -0.2) is 58.8 Å². The van der Waals surface area contributed by atoms with Crippen LogP contribution < -0.4 is 4.90 Å². The number of para-hydroxylation sites is 1. The molecule has 1 heterocycles. The van der Waals surface area contributed by atoms with E-state index in [1.165, 1.54) is 0 Å². The number of nitrogens with zero attached hydrogens (tertiary/aromatic N) is 3. The fourth-order valence-corrected chi connectivity index (χ4v) is 4.23. The Morgan fingerprint density at radius 2 is 1.86 bits per heavy atom. The molecular formula is C25H33N3O6S. The number of carbonyl (C=O) groups is 1. The molecule has 1 atom stereocenters. The fraction of sp³-hybridized carbons (Fsp3) is 0.560. The van der Waals surface area contributed by atoms with Crippen LogP contribution in [0.25, 0.3) is 4.85 Å². The van der Waals surface area contributed by atoms with Crippen molar-refractivity contribution in [3.63, 3.8) is 0 Å². The largest absolute Gasteiger partial charge is 0.462 e. The van der Waals surface area contributed by atoms with E-state index in [4.69, 9.17) is 35.8 Å². The number of anilines is 1. The number of carbonyl (C=O) groups excluding carboxylic acids is 1. The second-order valence-electron chi connectivity index (χ2n) is 7.75. The summed E-state index contributed by atoms with van der Waals surface area (Å²) in [5, 5.41) is 9.26. The van der Waals surface area contributed by atoms with E-state index in [-0.39, 0.29) is 32.8 Å². The molecular weight excluding hydrogens is 470 g/mol. The zero-order valence-corrected chi connectivity index (χ0v) is 21.2. The summed E-state index contributed by atoms with van der Waals surface area (Å²) in [5.74, 6) is 0.0544. The minimum atomic E-state index is -0.559. The molecule has 0 aromatic heterocycles. The lowest BCUT2D eigenvalue weighted by Crippen LogP contribution is -2.22. The molecule has 0 saturated carbocycles. The third-order valence-corrected chi connectivity index (χ3v) is 6.42. The van der Waals surface area contributed by atoms with Crippen LogP contribution in [0, 0.1) is 23.8 Å². The summed E-state index contributed by atoms with van der Waals surface area (Å²) in [6.45, 7) is 14.6. The minimum absolute atomic E-state index is 0.0628. The van der Waals surface area contributed by atoms with Gasteiger partial charge in [0.25, 0.3) is 0 Å². The Morgan fingerprint density at radius 3 is 2.57 bits per heavy atom. The standard InChI is InChI=1S/C25H33N3O6S/c1-4-20(2)10-12-28-22-7-5-6-8-23(22)35-25(28)21(27-3)19-34-33-18-16-31-14-13-30-15-17-32-24(29)9-11-26/h5-8,20H,4,9-10,12-19H2,1-2H3. The zero-order chi connectivity index (χ0) is 25.3. The molecule has 10 heteroatoms. The van der Waals surface area contributed by atoms with Gasteiger partial charge in [-0.2, -0.15) is 5.26 Å². The maximum absolute atomic E-state index is 11.0. The highest BCUT2D eigenvalue weighted by molar-refractivity contribution is 8.03. The van der Waals surface area contributed by atoms with Gasteiger partial charge in [0, 0.05) is 11.4 Å². The molecule has 0 amide bonds. The maximum Gasteiger partial charge on any atom is 0.320 e. The summed E-state index contributed by atoms with van der Waals surface area (Å²) in [6.07, 6.45) is 1.91. The smallest absolute Gasteiger partial charge is 0.320 e. The van der Waals surface area contributed by atoms with Crippen LogP contribution in [0.15, 0.2) is 39.9 Å². The van der Waals surface area contributed by atoms with Crippen molar-refractivity contribution in [2.45, 2.75) is 38.0 Å². The van der Waals surface area contributed by atoms with E-state index in [1.54, 1.807) is 17.8 Å². The highest BCUT2D eigenvalue weighted by Crippen LogP contribution is 2.47. The summed E-state index contributed by atoms with van der Waals surface area (Å²) in [6, 6.07) is 9.91. The highest BCUT2D eigenvalue weighted by Gasteiger charge is 2.28. The number of benzene rings is 1. The Balaban J connectivity index is 1.67. The predicted molar refractivity (Wildman–Crippen MR) is 132 cm³/mol. The van der Waals surface area contributed by atoms with E-state index in [0.717, 1.165) is 35.0 Å². The molecule has 0 fully saturated rings. The van der Waals surface area contributed by atoms with Crippen molar-refractivity contribution in [3.8, 4) is 6.07 Å². The quantitative estimate of drug-likeness (QED) is 0.0996. The Bertz CT molecular complexity index is 911. The highest BCUT2D eigenvalue weighted by atomic mass is 32.2. The topological polar surface area (TPSA) is 94.6 Å². The van der Waals surface area contributed by atoms with Crippen LogP contribution in [0.2, 0.25) is 0 Å². The van der Waals surface area contributed by atoms with Gasteiger partial charge in [-0.25, -0.2) is 14.6 Å². The lowest BCUT2D eigenvalue weighted by atomic mass is 10.1.